The number of nitrogens with zero attached hydrogens (tertiary/aromatic N) is 7. The Labute approximate surface area is 197 Å². The van der Waals surface area contributed by atoms with Gasteiger partial charge in [-0.15, -0.1) is 0 Å². The Morgan fingerprint density at radius 2 is 1.85 bits per heavy atom. The first kappa shape index (κ1) is 20.6. The van der Waals surface area contributed by atoms with Gasteiger partial charge in [-0.25, -0.2) is 9.67 Å². The summed E-state index contributed by atoms with van der Waals surface area (Å²) in [6.45, 7) is 0.783. The summed E-state index contributed by atoms with van der Waals surface area (Å²) in [5.41, 5.74) is 4.60. The molecule has 1 atom stereocenters. The van der Waals surface area contributed by atoms with E-state index in [0.29, 0.717) is 5.82 Å². The van der Waals surface area contributed by atoms with Crippen LogP contribution in [0.3, 0.4) is 0 Å². The molecule has 1 unspecified atom stereocenters. The van der Waals surface area contributed by atoms with Crippen molar-refractivity contribution in [3.05, 3.63) is 60.9 Å². The number of fused-ring (bicyclic) bond motifs is 1. The molecular weight excluding hydrogens is 428 g/mol. The summed E-state index contributed by atoms with van der Waals surface area (Å²) in [5.74, 6) is 1.55. The summed E-state index contributed by atoms with van der Waals surface area (Å²) in [6, 6.07) is 16.2. The highest BCUT2D eigenvalue weighted by molar-refractivity contribution is 5.93. The van der Waals surface area contributed by atoms with Gasteiger partial charge in [0.25, 0.3) is 0 Å². The van der Waals surface area contributed by atoms with Crippen molar-refractivity contribution in [1.29, 1.82) is 0 Å². The number of benzene rings is 1. The molecule has 4 aromatic heterocycles. The molecule has 6 rings (SSSR count). The number of pyridine rings is 1. The molecule has 0 bridgehead atoms. The summed E-state index contributed by atoms with van der Waals surface area (Å²) < 4.78 is 11.4. The van der Waals surface area contributed by atoms with Gasteiger partial charge in [0.05, 0.1) is 17.6 Å². The number of aryl methyl sites for hydroxylation is 2. The van der Waals surface area contributed by atoms with Gasteiger partial charge < -0.3 is 10.1 Å². The number of hydrogen-bond acceptors (Lipinski definition) is 6. The third-order valence-corrected chi connectivity index (χ3v) is 6.25. The van der Waals surface area contributed by atoms with Crippen molar-refractivity contribution in [2.75, 3.05) is 11.9 Å². The van der Waals surface area contributed by atoms with Crippen LogP contribution in [-0.4, -0.2) is 40.9 Å². The quantitative estimate of drug-likeness (QED) is 0.415. The van der Waals surface area contributed by atoms with E-state index in [1.807, 2.05) is 72.3 Å². The zero-order chi connectivity index (χ0) is 23.1. The fourth-order valence-corrected chi connectivity index (χ4v) is 4.43. The first-order chi connectivity index (χ1) is 16.7. The van der Waals surface area contributed by atoms with E-state index in [-0.39, 0.29) is 6.23 Å². The van der Waals surface area contributed by atoms with Crippen LogP contribution in [0.2, 0.25) is 0 Å². The standard InChI is InChI=1S/C25H26N8O/c1-31-23(15-21(29-31)17-8-4-3-5-9-17)27-22-14-18(19-16-26-32(2)25(19)28-22)20-11-12-33(30-20)24-10-6-7-13-34-24/h3-5,8-9,11-12,14-16,24H,6-7,10,13H2,1-2H3,(H,27,28). The first-order valence-corrected chi connectivity index (χ1v) is 11.5. The molecule has 5 heterocycles. The van der Waals surface area contributed by atoms with Crippen molar-refractivity contribution in [3.8, 4) is 22.5 Å². The van der Waals surface area contributed by atoms with Crippen molar-refractivity contribution in [3.63, 3.8) is 0 Å². The lowest BCUT2D eigenvalue weighted by Crippen LogP contribution is -2.18. The van der Waals surface area contributed by atoms with Crippen LogP contribution in [-0.2, 0) is 18.8 Å². The summed E-state index contributed by atoms with van der Waals surface area (Å²) in [6.07, 6.45) is 7.09. The second kappa shape index (κ2) is 8.42. The zero-order valence-electron chi connectivity index (χ0n) is 19.2. The van der Waals surface area contributed by atoms with Gasteiger partial charge in [0.15, 0.2) is 5.65 Å². The average molecular weight is 455 g/mol. The Bertz CT molecular complexity index is 1440. The number of hydrogen-bond donors (Lipinski definition) is 1. The van der Waals surface area contributed by atoms with E-state index >= 15 is 0 Å². The number of anilines is 2. The van der Waals surface area contributed by atoms with Crippen LogP contribution in [0.5, 0.6) is 0 Å². The summed E-state index contributed by atoms with van der Waals surface area (Å²) in [5, 5.41) is 18.4. The van der Waals surface area contributed by atoms with Gasteiger partial charge >= 0.3 is 0 Å². The molecule has 1 aliphatic heterocycles. The van der Waals surface area contributed by atoms with E-state index < -0.39 is 0 Å². The summed E-state index contributed by atoms with van der Waals surface area (Å²) in [4.78, 5) is 4.82. The average Bonchev–Trinajstić information content (AvgIpc) is 3.60. The highest BCUT2D eigenvalue weighted by Crippen LogP contribution is 2.32. The second-order valence-electron chi connectivity index (χ2n) is 8.59. The number of rotatable bonds is 5. The maximum Gasteiger partial charge on any atom is 0.160 e. The van der Waals surface area contributed by atoms with Gasteiger partial charge in [0.2, 0.25) is 0 Å². The van der Waals surface area contributed by atoms with Crippen molar-refractivity contribution < 1.29 is 4.74 Å². The topological polar surface area (TPSA) is 87.6 Å². The first-order valence-electron chi connectivity index (χ1n) is 11.5. The molecule has 5 aromatic rings. The van der Waals surface area contributed by atoms with Crippen LogP contribution < -0.4 is 5.32 Å². The van der Waals surface area contributed by atoms with Crippen molar-refractivity contribution in [1.82, 2.24) is 34.3 Å². The summed E-state index contributed by atoms with van der Waals surface area (Å²) >= 11 is 0. The normalized spacial score (nSPS) is 16.2. The predicted molar refractivity (Wildman–Crippen MR) is 130 cm³/mol. The van der Waals surface area contributed by atoms with E-state index in [1.54, 1.807) is 4.68 Å². The Kier molecular flexibility index (Phi) is 5.10. The Balaban J connectivity index is 1.37. The van der Waals surface area contributed by atoms with Crippen LogP contribution in [0.4, 0.5) is 11.6 Å². The van der Waals surface area contributed by atoms with E-state index in [4.69, 9.17) is 14.8 Å². The molecule has 34 heavy (non-hydrogen) atoms. The Hall–Kier alpha value is -3.98. The molecule has 0 amide bonds. The van der Waals surface area contributed by atoms with Gasteiger partial charge in [-0.1, -0.05) is 30.3 Å². The SMILES string of the molecule is Cn1nc(-c2ccccc2)cc1Nc1cc(-c2ccn(C3CCCCO3)n2)c2cnn(C)c2n1. The Morgan fingerprint density at radius 1 is 0.971 bits per heavy atom. The number of nitrogens with one attached hydrogen (secondary N) is 1. The predicted octanol–water partition coefficient (Wildman–Crippen LogP) is 4.68. The minimum Gasteiger partial charge on any atom is -0.357 e. The van der Waals surface area contributed by atoms with Crippen LogP contribution in [0.25, 0.3) is 33.5 Å². The third kappa shape index (κ3) is 3.73. The maximum absolute atomic E-state index is 5.91. The molecule has 0 saturated carbocycles. The second-order valence-corrected chi connectivity index (χ2v) is 8.59. The van der Waals surface area contributed by atoms with Gasteiger partial charge in [-0.2, -0.15) is 15.3 Å². The lowest BCUT2D eigenvalue weighted by molar-refractivity contribution is -0.0393. The van der Waals surface area contributed by atoms with Gasteiger partial charge in [0.1, 0.15) is 17.9 Å². The molecule has 1 aromatic carbocycles. The molecular formula is C25H26N8O. The fourth-order valence-electron chi connectivity index (χ4n) is 4.43. The summed E-state index contributed by atoms with van der Waals surface area (Å²) in [7, 11) is 3.82. The van der Waals surface area contributed by atoms with Crippen LogP contribution in [0, 0.1) is 0 Å². The monoisotopic (exact) mass is 454 g/mol. The minimum atomic E-state index is -0.00262. The van der Waals surface area contributed by atoms with Crippen molar-refractivity contribution in [2.45, 2.75) is 25.5 Å². The third-order valence-electron chi connectivity index (χ3n) is 6.25. The zero-order valence-corrected chi connectivity index (χ0v) is 19.2. The largest absolute Gasteiger partial charge is 0.357 e. The fraction of sp³-hybridized carbons (Fsp3) is 0.280. The van der Waals surface area contributed by atoms with Crippen LogP contribution >= 0.6 is 0 Å². The molecule has 9 heteroatoms. The van der Waals surface area contributed by atoms with Crippen LogP contribution in [0.1, 0.15) is 25.5 Å². The maximum atomic E-state index is 5.91. The van der Waals surface area contributed by atoms with Crippen molar-refractivity contribution >= 4 is 22.7 Å². The van der Waals surface area contributed by atoms with Crippen LogP contribution in [0.15, 0.2) is 60.9 Å². The lowest BCUT2D eigenvalue weighted by atomic mass is 10.1. The molecule has 1 fully saturated rings. The Morgan fingerprint density at radius 3 is 2.68 bits per heavy atom. The highest BCUT2D eigenvalue weighted by Gasteiger charge is 2.19. The smallest absolute Gasteiger partial charge is 0.160 e. The molecule has 0 radical (unpaired) electrons. The number of aromatic nitrogens is 7. The molecule has 1 aliphatic rings. The molecule has 1 N–H and O–H groups in total. The van der Waals surface area contributed by atoms with Crippen molar-refractivity contribution in [2.24, 2.45) is 14.1 Å². The highest BCUT2D eigenvalue weighted by atomic mass is 16.5. The molecule has 9 nitrogen and oxygen atoms in total. The van der Waals surface area contributed by atoms with Gasteiger partial charge in [-0.05, 0) is 31.4 Å². The van der Waals surface area contributed by atoms with Gasteiger partial charge in [-0.3, -0.25) is 9.36 Å². The number of ether oxygens (including phenoxy) is 1. The molecule has 0 spiro atoms. The molecule has 0 aliphatic carbocycles. The van der Waals surface area contributed by atoms with E-state index in [1.165, 1.54) is 0 Å². The van der Waals surface area contributed by atoms with Gasteiger partial charge in [0, 0.05) is 49.5 Å². The van der Waals surface area contributed by atoms with E-state index in [2.05, 4.69) is 27.6 Å². The van der Waals surface area contributed by atoms with E-state index in [0.717, 1.165) is 65.2 Å². The van der Waals surface area contributed by atoms with E-state index in [9.17, 15) is 0 Å². The molecule has 172 valence electrons. The lowest BCUT2D eigenvalue weighted by Gasteiger charge is -2.22. The molecule has 1 saturated heterocycles. The minimum absolute atomic E-state index is 0.00262.